The molecule has 3 unspecified atom stereocenters. The van der Waals surface area contributed by atoms with E-state index in [1.54, 1.807) is 20.8 Å². The van der Waals surface area contributed by atoms with E-state index < -0.39 is 81.6 Å². The molecular formula is C27H34FNO9S2. The van der Waals surface area contributed by atoms with E-state index in [1.165, 1.54) is 25.1 Å². The number of hydrogen-bond acceptors (Lipinski definition) is 10. The van der Waals surface area contributed by atoms with Gasteiger partial charge in [0.2, 0.25) is 9.84 Å². The highest BCUT2D eigenvalue weighted by molar-refractivity contribution is 7.97. The first kappa shape index (κ1) is 30.2. The molecule has 1 saturated carbocycles. The summed E-state index contributed by atoms with van der Waals surface area (Å²) < 4.78 is 80.8. The Bertz CT molecular complexity index is 1480. The van der Waals surface area contributed by atoms with E-state index >= 15 is 4.39 Å². The molecule has 0 radical (unpaired) electrons. The predicted octanol–water partition coefficient (Wildman–Crippen LogP) is 2.58. The molecule has 3 aliphatic rings. The number of benzene rings is 1. The molecule has 2 aliphatic heterocycles. The Balaban J connectivity index is 1.79. The van der Waals surface area contributed by atoms with Gasteiger partial charge in [0.15, 0.2) is 9.84 Å². The third kappa shape index (κ3) is 5.55. The van der Waals surface area contributed by atoms with Crippen molar-refractivity contribution in [3.05, 3.63) is 46.1 Å². The lowest BCUT2D eigenvalue weighted by Gasteiger charge is -2.41. The van der Waals surface area contributed by atoms with Crippen LogP contribution in [0.15, 0.2) is 55.9 Å². The summed E-state index contributed by atoms with van der Waals surface area (Å²) in [5, 5.41) is 13.7. The van der Waals surface area contributed by atoms with Gasteiger partial charge >= 0.3 is 11.9 Å². The maximum atomic E-state index is 15.6. The Morgan fingerprint density at radius 1 is 1.05 bits per heavy atom. The lowest BCUT2D eigenvalue weighted by Crippen LogP contribution is -2.46. The topological polar surface area (TPSA) is 153 Å². The number of aliphatic hydroxyl groups is 1. The summed E-state index contributed by atoms with van der Waals surface area (Å²) in [4.78, 5) is 24.2. The van der Waals surface area contributed by atoms with Crippen molar-refractivity contribution in [2.75, 3.05) is 19.0 Å². The number of hydrogen-bond donors (Lipinski definition) is 2. The van der Waals surface area contributed by atoms with Crippen molar-refractivity contribution < 1.29 is 45.4 Å². The Morgan fingerprint density at radius 2 is 1.68 bits per heavy atom. The molecule has 2 N–H and O–H groups in total. The van der Waals surface area contributed by atoms with Gasteiger partial charge in [-0.2, -0.15) is 0 Å². The molecule has 1 aliphatic carbocycles. The summed E-state index contributed by atoms with van der Waals surface area (Å²) in [7, 11) is -8.73. The minimum absolute atomic E-state index is 0.0351. The first-order chi connectivity index (χ1) is 18.6. The first-order valence-electron chi connectivity index (χ1n) is 13.0. The number of allylic oxidation sites excluding steroid dienone is 2. The number of alkyl halides is 1. The number of aliphatic hydroxyl groups excluding tert-OH is 1. The van der Waals surface area contributed by atoms with Crippen molar-refractivity contribution in [1.29, 1.82) is 0 Å². The summed E-state index contributed by atoms with van der Waals surface area (Å²) in [5.74, 6) is -5.09. The molecule has 4 rings (SSSR count). The number of halogens is 1. The number of dihydropyridines is 1. The van der Waals surface area contributed by atoms with Crippen LogP contribution in [0, 0.1) is 17.3 Å². The van der Waals surface area contributed by atoms with Gasteiger partial charge in [-0.25, -0.2) is 26.0 Å². The van der Waals surface area contributed by atoms with Crippen LogP contribution in [0.3, 0.4) is 0 Å². The lowest BCUT2D eigenvalue weighted by atomic mass is 9.72. The van der Waals surface area contributed by atoms with Crippen molar-refractivity contribution >= 4 is 31.6 Å². The van der Waals surface area contributed by atoms with Crippen LogP contribution in [0.1, 0.15) is 47.0 Å². The zero-order valence-electron chi connectivity index (χ0n) is 22.8. The number of esters is 2. The number of rotatable bonds is 5. The van der Waals surface area contributed by atoms with E-state index in [0.29, 0.717) is 6.42 Å². The van der Waals surface area contributed by atoms with E-state index in [9.17, 15) is 31.5 Å². The summed E-state index contributed by atoms with van der Waals surface area (Å²) in [6, 6.07) is 5.14. The van der Waals surface area contributed by atoms with Gasteiger partial charge in [0.1, 0.15) is 19.4 Å². The molecule has 13 heteroatoms. The zero-order valence-corrected chi connectivity index (χ0v) is 24.4. The predicted molar refractivity (Wildman–Crippen MR) is 142 cm³/mol. The largest absolute Gasteiger partial charge is 0.462 e. The van der Waals surface area contributed by atoms with E-state index in [4.69, 9.17) is 9.47 Å². The first-order valence-corrected chi connectivity index (χ1v) is 16.1. The van der Waals surface area contributed by atoms with Crippen LogP contribution in [-0.2, 0) is 38.7 Å². The molecule has 0 aromatic heterocycles. The normalized spacial score (nSPS) is 27.6. The number of fused-ring (bicyclic) bond motifs is 1. The molecule has 1 fully saturated rings. The second kappa shape index (κ2) is 10.9. The molecule has 2 heterocycles. The van der Waals surface area contributed by atoms with Crippen LogP contribution in [0.25, 0.3) is 0 Å². The zero-order chi connectivity index (χ0) is 29.6. The summed E-state index contributed by atoms with van der Waals surface area (Å²) in [6.45, 7) is 5.80. The van der Waals surface area contributed by atoms with Crippen molar-refractivity contribution in [3.63, 3.8) is 0 Å². The molecule has 0 saturated heterocycles. The third-order valence-corrected chi connectivity index (χ3v) is 11.2. The highest BCUT2D eigenvalue weighted by Crippen LogP contribution is 2.48. The Morgan fingerprint density at radius 3 is 2.30 bits per heavy atom. The Labute approximate surface area is 233 Å². The van der Waals surface area contributed by atoms with E-state index in [0.717, 1.165) is 6.07 Å². The van der Waals surface area contributed by atoms with Gasteiger partial charge < -0.3 is 19.9 Å². The van der Waals surface area contributed by atoms with Crippen LogP contribution in [0.5, 0.6) is 0 Å². The summed E-state index contributed by atoms with van der Waals surface area (Å²) in [6.07, 6.45) is -2.39. The maximum absolute atomic E-state index is 15.6. The van der Waals surface area contributed by atoms with Gasteiger partial charge in [-0.3, -0.25) is 4.79 Å². The van der Waals surface area contributed by atoms with Gasteiger partial charge in [-0.05, 0) is 59.1 Å². The van der Waals surface area contributed by atoms with Crippen LogP contribution in [-0.4, -0.2) is 65.1 Å². The Kier molecular flexibility index (Phi) is 8.23. The van der Waals surface area contributed by atoms with Gasteiger partial charge in [0, 0.05) is 23.2 Å². The van der Waals surface area contributed by atoms with Crippen LogP contribution in [0.4, 0.5) is 4.39 Å². The fourth-order valence-electron chi connectivity index (χ4n) is 5.45. The molecule has 40 heavy (non-hydrogen) atoms. The fourth-order valence-corrected chi connectivity index (χ4v) is 9.56. The minimum Gasteiger partial charge on any atom is -0.462 e. The van der Waals surface area contributed by atoms with Crippen molar-refractivity contribution in [2.24, 2.45) is 17.3 Å². The number of carbonyl (C=O) groups is 2. The van der Waals surface area contributed by atoms with Gasteiger partial charge in [0.05, 0.1) is 37.5 Å². The van der Waals surface area contributed by atoms with Gasteiger partial charge in [0.25, 0.3) is 0 Å². The number of ether oxygens (including phenoxy) is 2. The second-order valence-corrected chi connectivity index (χ2v) is 15.2. The highest BCUT2D eigenvalue weighted by Gasteiger charge is 2.52. The van der Waals surface area contributed by atoms with E-state index in [2.05, 4.69) is 5.32 Å². The average molecular weight is 600 g/mol. The SMILES string of the molecule is CC1=C(C(=O)OCCOC(=O)C(C)(C)C)C(C2C(F)CCC[C@H]2O)C2=C(CS(=O)(=O)c3ccccc3S2(=O)=O)N1. The van der Waals surface area contributed by atoms with Crippen molar-refractivity contribution in [2.45, 2.75) is 69.0 Å². The van der Waals surface area contributed by atoms with E-state index in [-0.39, 0.29) is 43.0 Å². The van der Waals surface area contributed by atoms with Crippen LogP contribution >= 0.6 is 0 Å². The molecule has 1 aromatic rings. The molecule has 4 atom stereocenters. The van der Waals surface area contributed by atoms with Crippen LogP contribution in [0.2, 0.25) is 0 Å². The third-order valence-electron chi connectivity index (χ3n) is 7.34. The quantitative estimate of drug-likeness (QED) is 0.381. The molecule has 0 amide bonds. The van der Waals surface area contributed by atoms with Gasteiger partial charge in [-0.15, -0.1) is 0 Å². The average Bonchev–Trinajstić information content (AvgIpc) is 2.91. The van der Waals surface area contributed by atoms with Crippen molar-refractivity contribution in [3.8, 4) is 0 Å². The smallest absolute Gasteiger partial charge is 0.336 e. The molecule has 0 spiro atoms. The molecular weight excluding hydrogens is 565 g/mol. The summed E-state index contributed by atoms with van der Waals surface area (Å²) in [5.41, 5.74) is -1.11. The fraction of sp³-hybridized carbons (Fsp3) is 0.556. The Hall–Kier alpha value is -2.77. The van der Waals surface area contributed by atoms with E-state index in [1.807, 2.05) is 0 Å². The molecule has 1 aromatic carbocycles. The molecule has 0 bridgehead atoms. The number of carbonyl (C=O) groups excluding carboxylic acids is 2. The van der Waals surface area contributed by atoms with Gasteiger partial charge in [-0.1, -0.05) is 12.1 Å². The molecule has 220 valence electrons. The monoisotopic (exact) mass is 599 g/mol. The lowest BCUT2D eigenvalue weighted by molar-refractivity contribution is -0.157. The molecule has 10 nitrogen and oxygen atoms in total. The number of sulfone groups is 2. The standard InChI is InChI=1S/C27H34FNO9S2/c1-15-21(25(31)37-12-13-38-26(32)27(2,3)4)23(22-16(28)8-7-9-18(22)30)24-17(29-15)14-39(33,34)19-10-5-6-11-20(19)40(24,35)36/h5-6,10-11,16,18,22-23,29-30H,7-9,12-14H2,1-4H3/t16?,18-,22?,23?/m1/s1. The minimum atomic E-state index is -4.59. The maximum Gasteiger partial charge on any atom is 0.336 e. The second-order valence-electron chi connectivity index (χ2n) is 11.3. The van der Waals surface area contributed by atoms with Crippen molar-refractivity contribution in [1.82, 2.24) is 5.32 Å². The van der Waals surface area contributed by atoms with Crippen LogP contribution < -0.4 is 5.32 Å². The highest BCUT2D eigenvalue weighted by atomic mass is 32.2. The summed E-state index contributed by atoms with van der Waals surface area (Å²) >= 11 is 0. The number of nitrogens with one attached hydrogen (secondary N) is 1.